The van der Waals surface area contributed by atoms with Gasteiger partial charge in [0.1, 0.15) is 5.69 Å². The number of thiazole rings is 1. The van der Waals surface area contributed by atoms with Crippen LogP contribution in [0, 0.1) is 6.92 Å². The third-order valence-electron chi connectivity index (χ3n) is 3.19. The van der Waals surface area contributed by atoms with Crippen LogP contribution >= 0.6 is 22.9 Å². The summed E-state index contributed by atoms with van der Waals surface area (Å²) in [5, 5.41) is 8.98. The van der Waals surface area contributed by atoms with Crippen LogP contribution in [-0.2, 0) is 6.54 Å². The minimum Gasteiger partial charge on any atom is -0.346 e. The number of nitrogens with zero attached hydrogens (tertiary/aromatic N) is 4. The second-order valence-corrected chi connectivity index (χ2v) is 6.73. The molecule has 0 saturated heterocycles. The fourth-order valence-corrected chi connectivity index (χ4v) is 3.68. The van der Waals surface area contributed by atoms with Crippen molar-refractivity contribution in [2.45, 2.75) is 33.2 Å². The molecular weight excluding hydrogens is 306 g/mol. The first-order valence-electron chi connectivity index (χ1n) is 6.59. The zero-order valence-electron chi connectivity index (χ0n) is 12.0. The number of rotatable bonds is 4. The molecule has 3 aromatic rings. The van der Waals surface area contributed by atoms with Crippen molar-refractivity contribution in [2.75, 3.05) is 0 Å². The van der Waals surface area contributed by atoms with E-state index in [2.05, 4.69) is 33.7 Å². The SMILES string of the molecule is Cc1nc2sccn2c1C(=O)NCc1snnc1C(C)C. The lowest BCUT2D eigenvalue weighted by Gasteiger charge is -2.06. The van der Waals surface area contributed by atoms with Gasteiger partial charge in [-0.3, -0.25) is 9.20 Å². The van der Waals surface area contributed by atoms with Gasteiger partial charge in [0.15, 0.2) is 4.96 Å². The number of amides is 1. The fourth-order valence-electron chi connectivity index (χ4n) is 2.19. The second kappa shape index (κ2) is 5.53. The van der Waals surface area contributed by atoms with Crippen molar-refractivity contribution in [2.24, 2.45) is 0 Å². The first-order chi connectivity index (χ1) is 10.1. The summed E-state index contributed by atoms with van der Waals surface area (Å²) in [7, 11) is 0. The molecule has 1 N–H and O–H groups in total. The van der Waals surface area contributed by atoms with Crippen LogP contribution in [0.3, 0.4) is 0 Å². The Hall–Kier alpha value is -1.80. The van der Waals surface area contributed by atoms with Crippen LogP contribution < -0.4 is 5.32 Å². The van der Waals surface area contributed by atoms with Gasteiger partial charge in [0, 0.05) is 11.6 Å². The normalized spacial score (nSPS) is 11.4. The first-order valence-corrected chi connectivity index (χ1v) is 8.24. The zero-order valence-corrected chi connectivity index (χ0v) is 13.6. The van der Waals surface area contributed by atoms with Gasteiger partial charge < -0.3 is 5.32 Å². The average molecular weight is 321 g/mol. The average Bonchev–Trinajstić information content (AvgIpc) is 3.10. The van der Waals surface area contributed by atoms with Crippen molar-refractivity contribution in [1.82, 2.24) is 24.3 Å². The van der Waals surface area contributed by atoms with Gasteiger partial charge >= 0.3 is 0 Å². The highest BCUT2D eigenvalue weighted by atomic mass is 32.1. The highest BCUT2D eigenvalue weighted by Gasteiger charge is 2.18. The zero-order chi connectivity index (χ0) is 15.0. The highest BCUT2D eigenvalue weighted by molar-refractivity contribution is 7.15. The van der Waals surface area contributed by atoms with Gasteiger partial charge in [0.25, 0.3) is 5.91 Å². The van der Waals surface area contributed by atoms with Gasteiger partial charge in [0.05, 0.1) is 22.8 Å². The number of fused-ring (bicyclic) bond motifs is 1. The van der Waals surface area contributed by atoms with Gasteiger partial charge in [0.2, 0.25) is 0 Å². The van der Waals surface area contributed by atoms with Gasteiger partial charge in [-0.2, -0.15) is 0 Å². The summed E-state index contributed by atoms with van der Waals surface area (Å²) >= 11 is 2.85. The Bertz CT molecular complexity index is 786. The number of carbonyl (C=O) groups excluding carboxylic acids is 1. The Morgan fingerprint density at radius 3 is 3.05 bits per heavy atom. The molecule has 110 valence electrons. The summed E-state index contributed by atoms with van der Waals surface area (Å²) in [6.45, 7) is 6.43. The number of imidazole rings is 1. The fraction of sp³-hybridized carbons (Fsp3) is 0.385. The third-order valence-corrected chi connectivity index (χ3v) is 4.69. The standard InChI is InChI=1S/C13H15N5OS2/c1-7(2)10-9(21-17-16-10)6-14-12(19)11-8(3)15-13-18(11)4-5-20-13/h4-5,7H,6H2,1-3H3,(H,14,19). The molecule has 21 heavy (non-hydrogen) atoms. The van der Waals surface area contributed by atoms with E-state index in [1.807, 2.05) is 22.9 Å². The number of nitrogens with one attached hydrogen (secondary N) is 1. The lowest BCUT2D eigenvalue weighted by Crippen LogP contribution is -2.25. The van der Waals surface area contributed by atoms with E-state index in [-0.39, 0.29) is 5.91 Å². The van der Waals surface area contributed by atoms with Gasteiger partial charge in [-0.15, -0.1) is 16.4 Å². The number of aryl methyl sites for hydroxylation is 1. The monoisotopic (exact) mass is 321 g/mol. The predicted molar refractivity (Wildman–Crippen MR) is 83.0 cm³/mol. The van der Waals surface area contributed by atoms with Gasteiger partial charge in [-0.05, 0) is 24.4 Å². The molecule has 8 heteroatoms. The minimum absolute atomic E-state index is 0.124. The Kier molecular flexibility index (Phi) is 3.73. The molecule has 3 rings (SSSR count). The van der Waals surface area contributed by atoms with Crippen LogP contribution in [0.25, 0.3) is 4.96 Å². The molecule has 0 aliphatic heterocycles. The summed E-state index contributed by atoms with van der Waals surface area (Å²) < 4.78 is 5.79. The molecule has 6 nitrogen and oxygen atoms in total. The van der Waals surface area contributed by atoms with E-state index in [1.54, 1.807) is 0 Å². The van der Waals surface area contributed by atoms with Crippen LogP contribution in [0.1, 0.15) is 46.5 Å². The smallest absolute Gasteiger partial charge is 0.270 e. The topological polar surface area (TPSA) is 72.2 Å². The molecular formula is C13H15N5OS2. The van der Waals surface area contributed by atoms with E-state index in [9.17, 15) is 4.79 Å². The molecule has 0 unspecified atom stereocenters. The number of hydrogen-bond acceptors (Lipinski definition) is 6. The van der Waals surface area contributed by atoms with Gasteiger partial charge in [-0.25, -0.2) is 4.98 Å². The number of hydrogen-bond donors (Lipinski definition) is 1. The number of aromatic nitrogens is 4. The largest absolute Gasteiger partial charge is 0.346 e. The predicted octanol–water partition coefficient (Wildman–Crippen LogP) is 2.61. The van der Waals surface area contributed by atoms with Crippen LogP contribution in [0.15, 0.2) is 11.6 Å². The quantitative estimate of drug-likeness (QED) is 0.802. The molecule has 0 radical (unpaired) electrons. The molecule has 0 saturated carbocycles. The summed E-state index contributed by atoms with van der Waals surface area (Å²) in [5.41, 5.74) is 2.28. The van der Waals surface area contributed by atoms with Crippen LogP contribution in [-0.4, -0.2) is 24.9 Å². The van der Waals surface area contributed by atoms with Crippen LogP contribution in [0.2, 0.25) is 0 Å². The lowest BCUT2D eigenvalue weighted by molar-refractivity contribution is 0.0944. The van der Waals surface area contributed by atoms with E-state index in [4.69, 9.17) is 0 Å². The van der Waals surface area contributed by atoms with E-state index in [0.717, 1.165) is 21.2 Å². The number of carbonyl (C=O) groups is 1. The van der Waals surface area contributed by atoms with Crippen LogP contribution in [0.4, 0.5) is 0 Å². The maximum atomic E-state index is 12.4. The second-order valence-electron chi connectivity index (χ2n) is 5.02. The minimum atomic E-state index is -0.124. The molecule has 0 aromatic carbocycles. The molecule has 0 aliphatic carbocycles. The van der Waals surface area contributed by atoms with Crippen molar-refractivity contribution >= 4 is 33.7 Å². The molecule has 3 aromatic heterocycles. The first kappa shape index (κ1) is 14.2. The molecule has 0 atom stereocenters. The lowest BCUT2D eigenvalue weighted by atomic mass is 10.1. The Morgan fingerprint density at radius 2 is 2.29 bits per heavy atom. The van der Waals surface area contributed by atoms with Crippen molar-refractivity contribution in [3.05, 3.63) is 33.5 Å². The maximum Gasteiger partial charge on any atom is 0.270 e. The van der Waals surface area contributed by atoms with E-state index >= 15 is 0 Å². The maximum absolute atomic E-state index is 12.4. The van der Waals surface area contributed by atoms with Crippen LogP contribution in [0.5, 0.6) is 0 Å². The van der Waals surface area contributed by atoms with E-state index in [0.29, 0.717) is 18.2 Å². The van der Waals surface area contributed by atoms with E-state index < -0.39 is 0 Å². The third kappa shape index (κ3) is 2.56. The van der Waals surface area contributed by atoms with Gasteiger partial charge in [-0.1, -0.05) is 18.3 Å². The molecule has 0 aliphatic rings. The Balaban J connectivity index is 1.79. The molecule has 3 heterocycles. The van der Waals surface area contributed by atoms with E-state index in [1.165, 1.54) is 22.9 Å². The molecule has 1 amide bonds. The summed E-state index contributed by atoms with van der Waals surface area (Å²) in [6.07, 6.45) is 1.86. The van der Waals surface area contributed by atoms with Crippen molar-refractivity contribution in [1.29, 1.82) is 0 Å². The summed E-state index contributed by atoms with van der Waals surface area (Å²) in [4.78, 5) is 18.6. The Morgan fingerprint density at radius 1 is 1.48 bits per heavy atom. The summed E-state index contributed by atoms with van der Waals surface area (Å²) in [6, 6.07) is 0. The summed E-state index contributed by atoms with van der Waals surface area (Å²) in [5.74, 6) is 0.178. The molecule has 0 fully saturated rings. The van der Waals surface area contributed by atoms with Crippen molar-refractivity contribution in [3.8, 4) is 0 Å². The highest BCUT2D eigenvalue weighted by Crippen LogP contribution is 2.20. The van der Waals surface area contributed by atoms with Crippen molar-refractivity contribution in [3.63, 3.8) is 0 Å². The van der Waals surface area contributed by atoms with Crippen molar-refractivity contribution < 1.29 is 4.79 Å². The molecule has 0 bridgehead atoms. The Labute approximate surface area is 130 Å². The molecule has 0 spiro atoms.